The largest absolute Gasteiger partial charge is 0.505 e. The first-order valence-corrected chi connectivity index (χ1v) is 4.66. The summed E-state index contributed by atoms with van der Waals surface area (Å²) in [4.78, 5) is 11.4. The number of aromatic hydroxyl groups is 1. The molecule has 2 rings (SSSR count). The van der Waals surface area contributed by atoms with Crippen LogP contribution in [0.25, 0.3) is 5.52 Å². The highest BCUT2D eigenvalue weighted by molar-refractivity contribution is 5.94. The van der Waals surface area contributed by atoms with E-state index in [0.717, 1.165) is 23.0 Å². The topological polar surface area (TPSA) is 63.8 Å². The van der Waals surface area contributed by atoms with E-state index in [-0.39, 0.29) is 23.4 Å². The Labute approximate surface area is 90.1 Å². The van der Waals surface area contributed by atoms with Crippen molar-refractivity contribution in [3.8, 4) is 5.75 Å². The van der Waals surface area contributed by atoms with E-state index in [2.05, 4.69) is 5.10 Å². The number of rotatable bonds is 2. The van der Waals surface area contributed by atoms with Crippen molar-refractivity contribution in [3.63, 3.8) is 0 Å². The van der Waals surface area contributed by atoms with Crippen LogP contribution < -0.4 is 0 Å². The molecule has 2 aromatic heterocycles. The zero-order chi connectivity index (χ0) is 11.7. The number of ether oxygens (including phenoxy) is 1. The van der Waals surface area contributed by atoms with E-state index in [1.807, 2.05) is 0 Å². The average molecular weight is 224 g/mol. The number of carbonyl (C=O) groups is 1. The van der Waals surface area contributed by atoms with Crippen LogP contribution in [0, 0.1) is 5.82 Å². The van der Waals surface area contributed by atoms with Gasteiger partial charge >= 0.3 is 5.97 Å². The molecule has 5 nitrogen and oxygen atoms in total. The number of halogens is 1. The molecule has 0 saturated carbocycles. The Morgan fingerprint density at radius 1 is 1.69 bits per heavy atom. The van der Waals surface area contributed by atoms with E-state index < -0.39 is 11.8 Å². The van der Waals surface area contributed by atoms with Gasteiger partial charge in [0.05, 0.1) is 19.0 Å². The van der Waals surface area contributed by atoms with Crippen LogP contribution in [-0.4, -0.2) is 27.3 Å². The van der Waals surface area contributed by atoms with Crippen LogP contribution in [0.5, 0.6) is 5.75 Å². The normalized spacial score (nSPS) is 10.6. The number of aromatic nitrogens is 2. The Morgan fingerprint density at radius 3 is 3.12 bits per heavy atom. The molecule has 0 aliphatic heterocycles. The molecule has 2 aromatic rings. The van der Waals surface area contributed by atoms with Gasteiger partial charge in [-0.25, -0.2) is 13.7 Å². The highest BCUT2D eigenvalue weighted by Gasteiger charge is 2.16. The fourth-order valence-corrected chi connectivity index (χ4v) is 1.37. The van der Waals surface area contributed by atoms with Gasteiger partial charge in [0.25, 0.3) is 0 Å². The van der Waals surface area contributed by atoms with Crippen molar-refractivity contribution in [1.29, 1.82) is 0 Å². The number of carbonyl (C=O) groups excluding carboxylic acids is 1. The summed E-state index contributed by atoms with van der Waals surface area (Å²) in [7, 11) is 0. The predicted octanol–water partition coefficient (Wildman–Crippen LogP) is 1.36. The molecule has 0 bridgehead atoms. The lowest BCUT2D eigenvalue weighted by Gasteiger charge is -2.04. The minimum atomic E-state index is -0.684. The Morgan fingerprint density at radius 2 is 2.44 bits per heavy atom. The van der Waals surface area contributed by atoms with Crippen molar-refractivity contribution in [2.24, 2.45) is 0 Å². The van der Waals surface area contributed by atoms with E-state index in [1.165, 1.54) is 0 Å². The van der Waals surface area contributed by atoms with Crippen molar-refractivity contribution in [3.05, 3.63) is 29.8 Å². The second-order valence-corrected chi connectivity index (χ2v) is 3.12. The maximum absolute atomic E-state index is 12.9. The van der Waals surface area contributed by atoms with Crippen LogP contribution >= 0.6 is 0 Å². The van der Waals surface area contributed by atoms with Crippen LogP contribution in [0.4, 0.5) is 4.39 Å². The monoisotopic (exact) mass is 224 g/mol. The Bertz CT molecular complexity index is 550. The van der Waals surface area contributed by atoms with Crippen molar-refractivity contribution in [2.75, 3.05) is 6.61 Å². The summed E-state index contributed by atoms with van der Waals surface area (Å²) in [5, 5.41) is 13.5. The fraction of sp³-hybridized carbons (Fsp3) is 0.200. The van der Waals surface area contributed by atoms with E-state index in [9.17, 15) is 14.3 Å². The van der Waals surface area contributed by atoms with Gasteiger partial charge in [0.1, 0.15) is 16.9 Å². The van der Waals surface area contributed by atoms with Crippen LogP contribution in [0.1, 0.15) is 17.3 Å². The van der Waals surface area contributed by atoms with Crippen LogP contribution in [-0.2, 0) is 4.74 Å². The summed E-state index contributed by atoms with van der Waals surface area (Å²) < 4.78 is 18.8. The molecule has 0 radical (unpaired) electrons. The van der Waals surface area contributed by atoms with Crippen molar-refractivity contribution in [2.45, 2.75) is 6.92 Å². The Hall–Kier alpha value is -2.11. The second-order valence-electron chi connectivity index (χ2n) is 3.12. The fourth-order valence-electron chi connectivity index (χ4n) is 1.37. The predicted molar refractivity (Wildman–Crippen MR) is 52.8 cm³/mol. The average Bonchev–Trinajstić information content (AvgIpc) is 2.60. The lowest BCUT2D eigenvalue weighted by Crippen LogP contribution is -2.06. The maximum Gasteiger partial charge on any atom is 0.343 e. The third kappa shape index (κ3) is 1.58. The van der Waals surface area contributed by atoms with Crippen LogP contribution in [0.3, 0.4) is 0 Å². The first kappa shape index (κ1) is 10.4. The molecule has 0 saturated heterocycles. The van der Waals surface area contributed by atoms with Crippen molar-refractivity contribution < 1.29 is 19.0 Å². The number of esters is 1. The zero-order valence-electron chi connectivity index (χ0n) is 8.48. The minimum absolute atomic E-state index is 0.0764. The quantitative estimate of drug-likeness (QED) is 0.782. The molecule has 0 atom stereocenters. The maximum atomic E-state index is 12.9. The summed E-state index contributed by atoms with van der Waals surface area (Å²) >= 11 is 0. The molecule has 16 heavy (non-hydrogen) atoms. The summed E-state index contributed by atoms with van der Waals surface area (Å²) in [6.07, 6.45) is 2.24. The Balaban J connectivity index is 2.55. The minimum Gasteiger partial charge on any atom is -0.505 e. The van der Waals surface area contributed by atoms with E-state index in [0.29, 0.717) is 0 Å². The molecule has 0 fully saturated rings. The molecule has 0 aromatic carbocycles. The summed E-state index contributed by atoms with van der Waals surface area (Å²) in [5.74, 6) is -1.56. The second kappa shape index (κ2) is 3.80. The van der Waals surface area contributed by atoms with E-state index in [4.69, 9.17) is 4.74 Å². The highest BCUT2D eigenvalue weighted by atomic mass is 19.1. The Kier molecular flexibility index (Phi) is 2.47. The van der Waals surface area contributed by atoms with Gasteiger partial charge in [0.15, 0.2) is 5.75 Å². The van der Waals surface area contributed by atoms with Gasteiger partial charge in [-0.05, 0) is 6.92 Å². The molecule has 0 aliphatic rings. The molecule has 2 heterocycles. The van der Waals surface area contributed by atoms with Crippen LogP contribution in [0.15, 0.2) is 18.5 Å². The van der Waals surface area contributed by atoms with Gasteiger partial charge < -0.3 is 9.84 Å². The molecule has 1 N–H and O–H groups in total. The number of nitrogens with zero attached hydrogens (tertiary/aromatic N) is 2. The zero-order valence-corrected chi connectivity index (χ0v) is 8.48. The summed E-state index contributed by atoms with van der Waals surface area (Å²) in [5.41, 5.74) is 0.0514. The number of hydrogen-bond donors (Lipinski definition) is 1. The molecule has 0 amide bonds. The molecule has 0 spiro atoms. The van der Waals surface area contributed by atoms with Gasteiger partial charge in [-0.2, -0.15) is 5.10 Å². The molecular weight excluding hydrogens is 215 g/mol. The first-order chi connectivity index (χ1) is 7.63. The van der Waals surface area contributed by atoms with Crippen molar-refractivity contribution in [1.82, 2.24) is 9.61 Å². The lowest BCUT2D eigenvalue weighted by atomic mass is 10.2. The molecular formula is C10H9FN2O3. The standard InChI is InChI=1S/C10H9FN2O3/c1-2-16-10(15)7-4-12-13-5-6(11)3-8(13)9(7)14/h3-5,14H,2H2,1H3. The van der Waals surface area contributed by atoms with Gasteiger partial charge in [-0.1, -0.05) is 0 Å². The molecule has 0 unspecified atom stereocenters. The summed E-state index contributed by atoms with van der Waals surface area (Å²) in [6, 6.07) is 1.09. The molecule has 0 aliphatic carbocycles. The third-order valence-corrected chi connectivity index (χ3v) is 2.07. The number of hydrogen-bond acceptors (Lipinski definition) is 4. The summed E-state index contributed by atoms with van der Waals surface area (Å²) in [6.45, 7) is 1.84. The SMILES string of the molecule is CCOC(=O)c1cnn2cc(F)cc2c1O. The molecule has 6 heteroatoms. The third-order valence-electron chi connectivity index (χ3n) is 2.07. The van der Waals surface area contributed by atoms with E-state index >= 15 is 0 Å². The lowest BCUT2D eigenvalue weighted by molar-refractivity contribution is 0.0522. The number of fused-ring (bicyclic) bond motifs is 1. The van der Waals surface area contributed by atoms with Crippen LogP contribution in [0.2, 0.25) is 0 Å². The van der Waals surface area contributed by atoms with Gasteiger partial charge in [-0.3, -0.25) is 0 Å². The van der Waals surface area contributed by atoms with Gasteiger partial charge in [-0.15, -0.1) is 0 Å². The smallest absolute Gasteiger partial charge is 0.343 e. The van der Waals surface area contributed by atoms with E-state index in [1.54, 1.807) is 6.92 Å². The van der Waals surface area contributed by atoms with Crippen molar-refractivity contribution >= 4 is 11.5 Å². The highest BCUT2D eigenvalue weighted by Crippen LogP contribution is 2.24. The van der Waals surface area contributed by atoms with Gasteiger partial charge in [0.2, 0.25) is 0 Å². The van der Waals surface area contributed by atoms with Gasteiger partial charge in [0, 0.05) is 6.07 Å². The molecule has 84 valence electrons. The first-order valence-electron chi connectivity index (χ1n) is 4.66.